The number of nitrogens with one attached hydrogen (secondary N) is 1. The van der Waals surface area contributed by atoms with Crippen LogP contribution in [0.2, 0.25) is 5.02 Å². The molecule has 3 nitrogen and oxygen atoms in total. The molecule has 0 radical (unpaired) electrons. The second-order valence-corrected chi connectivity index (χ2v) is 5.76. The summed E-state index contributed by atoms with van der Waals surface area (Å²) in [6.07, 6.45) is 0. The van der Waals surface area contributed by atoms with Crippen LogP contribution in [0, 0.1) is 8.99 Å². The van der Waals surface area contributed by atoms with E-state index >= 15 is 0 Å². The van der Waals surface area contributed by atoms with Gasteiger partial charge in [-0.15, -0.1) is 0 Å². The average Bonchev–Trinajstić information content (AvgIpc) is 2.27. The van der Waals surface area contributed by atoms with Crippen molar-refractivity contribution in [1.29, 1.82) is 0 Å². The van der Waals surface area contributed by atoms with E-state index in [4.69, 9.17) is 21.8 Å². The fourth-order valence-electron chi connectivity index (χ4n) is 1.10. The van der Waals surface area contributed by atoms with E-state index in [2.05, 4.69) is 27.9 Å². The summed E-state index contributed by atoms with van der Waals surface area (Å²) < 4.78 is 1.07. The molecule has 0 aliphatic carbocycles. The fraction of sp³-hybridized carbons (Fsp3) is 0.455. The number of hydrogen-bond donors (Lipinski definition) is 3. The Morgan fingerprint density at radius 1 is 1.38 bits per heavy atom. The number of halogens is 2. The van der Waals surface area contributed by atoms with E-state index in [-0.39, 0.29) is 13.2 Å². The Morgan fingerprint density at radius 2 is 2.00 bits per heavy atom. The van der Waals surface area contributed by atoms with Crippen molar-refractivity contribution in [2.24, 2.45) is 5.41 Å². The highest BCUT2D eigenvalue weighted by molar-refractivity contribution is 14.1. The van der Waals surface area contributed by atoms with Crippen molar-refractivity contribution in [2.45, 2.75) is 6.92 Å². The third kappa shape index (κ3) is 3.76. The van der Waals surface area contributed by atoms with Crippen molar-refractivity contribution >= 4 is 39.9 Å². The van der Waals surface area contributed by atoms with Gasteiger partial charge in [-0.1, -0.05) is 18.5 Å². The van der Waals surface area contributed by atoms with Gasteiger partial charge in [0.05, 0.1) is 23.9 Å². The van der Waals surface area contributed by atoms with Gasteiger partial charge < -0.3 is 15.5 Å². The number of rotatable bonds is 5. The largest absolute Gasteiger partial charge is 0.396 e. The lowest BCUT2D eigenvalue weighted by Gasteiger charge is -2.25. The first-order chi connectivity index (χ1) is 7.50. The van der Waals surface area contributed by atoms with Crippen LogP contribution in [0.15, 0.2) is 18.2 Å². The van der Waals surface area contributed by atoms with Gasteiger partial charge in [-0.25, -0.2) is 0 Å². The summed E-state index contributed by atoms with van der Waals surface area (Å²) in [6.45, 7) is 2.14. The summed E-state index contributed by atoms with van der Waals surface area (Å²) in [6, 6.07) is 5.70. The predicted molar refractivity (Wildman–Crippen MR) is 74.9 cm³/mol. The smallest absolute Gasteiger partial charge is 0.0648 e. The Bertz CT molecular complexity index is 356. The molecule has 16 heavy (non-hydrogen) atoms. The lowest BCUT2D eigenvalue weighted by Crippen LogP contribution is -2.34. The third-order valence-electron chi connectivity index (χ3n) is 2.40. The molecule has 0 atom stereocenters. The van der Waals surface area contributed by atoms with E-state index < -0.39 is 5.41 Å². The van der Waals surface area contributed by atoms with Crippen molar-refractivity contribution < 1.29 is 10.2 Å². The Kier molecular flexibility index (Phi) is 5.30. The molecule has 90 valence electrons. The van der Waals surface area contributed by atoms with Crippen LogP contribution in [0.3, 0.4) is 0 Å². The minimum atomic E-state index is -0.535. The number of hydrogen-bond acceptors (Lipinski definition) is 3. The monoisotopic (exact) mass is 355 g/mol. The lowest BCUT2D eigenvalue weighted by atomic mass is 9.93. The minimum Gasteiger partial charge on any atom is -0.396 e. The first-order valence-corrected chi connectivity index (χ1v) is 6.37. The number of aliphatic hydroxyl groups is 2. The zero-order chi connectivity index (χ0) is 12.2. The second kappa shape index (κ2) is 6.05. The van der Waals surface area contributed by atoms with Crippen LogP contribution in [0.1, 0.15) is 6.92 Å². The van der Waals surface area contributed by atoms with Gasteiger partial charge in [-0.2, -0.15) is 0 Å². The zero-order valence-corrected chi connectivity index (χ0v) is 11.9. The first kappa shape index (κ1) is 14.0. The molecule has 0 amide bonds. The van der Waals surface area contributed by atoms with Crippen molar-refractivity contribution in [3.05, 3.63) is 26.8 Å². The SMILES string of the molecule is CC(CO)(CO)CNc1ccc(I)cc1Cl. The maximum Gasteiger partial charge on any atom is 0.0648 e. The van der Waals surface area contributed by atoms with Crippen LogP contribution in [0.5, 0.6) is 0 Å². The van der Waals surface area contributed by atoms with Crippen LogP contribution >= 0.6 is 34.2 Å². The predicted octanol–water partition coefficient (Wildman–Crippen LogP) is 2.35. The van der Waals surface area contributed by atoms with E-state index in [0.29, 0.717) is 11.6 Å². The van der Waals surface area contributed by atoms with E-state index in [0.717, 1.165) is 9.26 Å². The van der Waals surface area contributed by atoms with E-state index in [1.165, 1.54) is 0 Å². The van der Waals surface area contributed by atoms with Crippen molar-refractivity contribution in [2.75, 3.05) is 25.1 Å². The summed E-state index contributed by atoms with van der Waals surface area (Å²) in [4.78, 5) is 0. The maximum atomic E-state index is 9.14. The standard InChI is InChI=1S/C11H15ClINO2/c1-11(6-15,7-16)5-14-10-3-2-8(13)4-9(10)12/h2-4,14-16H,5-7H2,1H3. The lowest BCUT2D eigenvalue weighted by molar-refractivity contribution is 0.0806. The zero-order valence-electron chi connectivity index (χ0n) is 9.00. The number of aliphatic hydroxyl groups excluding tert-OH is 2. The Balaban J connectivity index is 2.67. The summed E-state index contributed by atoms with van der Waals surface area (Å²) in [7, 11) is 0. The van der Waals surface area contributed by atoms with Gasteiger partial charge in [0.15, 0.2) is 0 Å². The molecule has 5 heteroatoms. The highest BCUT2D eigenvalue weighted by atomic mass is 127. The number of anilines is 1. The molecule has 1 aromatic rings. The van der Waals surface area contributed by atoms with Crippen LogP contribution < -0.4 is 5.32 Å². The molecule has 1 aromatic carbocycles. The fourth-order valence-corrected chi connectivity index (χ4v) is 2.03. The molecular formula is C11H15ClINO2. The Hall–Kier alpha value is -0.0400. The number of benzene rings is 1. The maximum absolute atomic E-state index is 9.14. The van der Waals surface area contributed by atoms with Gasteiger partial charge in [-0.3, -0.25) is 0 Å². The minimum absolute atomic E-state index is 0.0709. The molecule has 0 fully saturated rings. The quantitative estimate of drug-likeness (QED) is 0.711. The Morgan fingerprint density at radius 3 is 2.50 bits per heavy atom. The molecular weight excluding hydrogens is 340 g/mol. The van der Waals surface area contributed by atoms with Gasteiger partial charge in [0.25, 0.3) is 0 Å². The van der Waals surface area contributed by atoms with Gasteiger partial charge in [0.1, 0.15) is 0 Å². The molecule has 0 saturated carbocycles. The first-order valence-electron chi connectivity index (χ1n) is 4.91. The van der Waals surface area contributed by atoms with Crippen molar-refractivity contribution in [1.82, 2.24) is 0 Å². The van der Waals surface area contributed by atoms with Gasteiger partial charge in [0, 0.05) is 15.5 Å². The van der Waals surface area contributed by atoms with Gasteiger partial charge >= 0.3 is 0 Å². The van der Waals surface area contributed by atoms with Crippen molar-refractivity contribution in [3.8, 4) is 0 Å². The van der Waals surface area contributed by atoms with E-state index in [1.807, 2.05) is 18.2 Å². The van der Waals surface area contributed by atoms with Gasteiger partial charge in [0.2, 0.25) is 0 Å². The third-order valence-corrected chi connectivity index (χ3v) is 3.38. The second-order valence-electron chi connectivity index (χ2n) is 4.10. The van der Waals surface area contributed by atoms with Crippen LogP contribution in [0.4, 0.5) is 5.69 Å². The molecule has 3 N–H and O–H groups in total. The molecule has 0 heterocycles. The van der Waals surface area contributed by atoms with Crippen molar-refractivity contribution in [3.63, 3.8) is 0 Å². The molecule has 0 spiro atoms. The molecule has 0 unspecified atom stereocenters. The molecule has 0 aliphatic rings. The highest BCUT2D eigenvalue weighted by Gasteiger charge is 2.22. The highest BCUT2D eigenvalue weighted by Crippen LogP contribution is 2.25. The topological polar surface area (TPSA) is 52.5 Å². The molecule has 0 saturated heterocycles. The van der Waals surface area contributed by atoms with Gasteiger partial charge in [-0.05, 0) is 40.8 Å². The molecule has 0 aliphatic heterocycles. The van der Waals surface area contributed by atoms with Crippen LogP contribution in [0.25, 0.3) is 0 Å². The normalized spacial score (nSPS) is 11.6. The molecule has 0 bridgehead atoms. The van der Waals surface area contributed by atoms with Crippen LogP contribution in [-0.2, 0) is 0 Å². The summed E-state index contributed by atoms with van der Waals surface area (Å²) in [5, 5.41) is 22.1. The summed E-state index contributed by atoms with van der Waals surface area (Å²) in [5.41, 5.74) is 0.280. The summed E-state index contributed by atoms with van der Waals surface area (Å²) in [5.74, 6) is 0. The van der Waals surface area contributed by atoms with E-state index in [1.54, 1.807) is 6.92 Å². The average molecular weight is 356 g/mol. The van der Waals surface area contributed by atoms with E-state index in [9.17, 15) is 0 Å². The Labute approximate surface area is 114 Å². The van der Waals surface area contributed by atoms with Crippen LogP contribution in [-0.4, -0.2) is 30.0 Å². The molecule has 0 aromatic heterocycles. The summed E-state index contributed by atoms with van der Waals surface area (Å²) >= 11 is 8.24. The molecule has 1 rings (SSSR count).